The number of aryl methyl sites for hydroxylation is 1. The summed E-state index contributed by atoms with van der Waals surface area (Å²) in [5.74, 6) is 1.05. The van der Waals surface area contributed by atoms with Gasteiger partial charge in [-0.3, -0.25) is 0 Å². The summed E-state index contributed by atoms with van der Waals surface area (Å²) in [6.45, 7) is 3.78. The van der Waals surface area contributed by atoms with Crippen LogP contribution >= 0.6 is 0 Å². The number of rotatable bonds is 5. The number of fused-ring (bicyclic) bond motifs is 1. The molecular formula is C17H24N4. The first-order chi connectivity index (χ1) is 10.3. The molecule has 1 fully saturated rings. The molecule has 0 saturated heterocycles. The normalized spacial score (nSPS) is 15.7. The summed E-state index contributed by atoms with van der Waals surface area (Å²) in [5, 5.41) is 0. The zero-order valence-electron chi connectivity index (χ0n) is 12.8. The molecule has 112 valence electrons. The average Bonchev–Trinajstić information content (AvgIpc) is 3.02. The molecule has 0 amide bonds. The predicted octanol–water partition coefficient (Wildman–Crippen LogP) is 3.04. The number of anilines is 1. The second-order valence-electron chi connectivity index (χ2n) is 5.90. The molecule has 2 N–H and O–H groups in total. The Balaban J connectivity index is 1.98. The van der Waals surface area contributed by atoms with E-state index in [1.165, 1.54) is 25.7 Å². The Labute approximate surface area is 126 Å². The largest absolute Gasteiger partial charge is 0.352 e. The molecule has 4 heteroatoms. The molecule has 0 bridgehead atoms. The van der Waals surface area contributed by atoms with Gasteiger partial charge in [0.2, 0.25) is 0 Å². The number of hydrogen-bond acceptors (Lipinski definition) is 4. The average molecular weight is 284 g/mol. The van der Waals surface area contributed by atoms with E-state index in [4.69, 9.17) is 15.7 Å². The van der Waals surface area contributed by atoms with Gasteiger partial charge in [-0.05, 0) is 44.9 Å². The molecule has 0 radical (unpaired) electrons. The summed E-state index contributed by atoms with van der Waals surface area (Å²) in [6, 6.07) is 8.71. The van der Waals surface area contributed by atoms with Crippen molar-refractivity contribution in [3.8, 4) is 0 Å². The Bertz CT molecular complexity index is 605. The Kier molecular flexibility index (Phi) is 4.34. The van der Waals surface area contributed by atoms with Crippen LogP contribution in [0.4, 0.5) is 5.82 Å². The van der Waals surface area contributed by atoms with Crippen molar-refractivity contribution in [1.29, 1.82) is 0 Å². The number of nitrogens with two attached hydrogens (primary N) is 1. The number of nitrogens with zero attached hydrogens (tertiary/aromatic N) is 3. The minimum absolute atomic E-state index is 0.603. The SMILES string of the molecule is Cc1nc2ccccc2nc1N(CCCN)C1CCCC1. The molecular weight excluding hydrogens is 260 g/mol. The summed E-state index contributed by atoms with van der Waals surface area (Å²) >= 11 is 0. The van der Waals surface area contributed by atoms with Crippen molar-refractivity contribution in [1.82, 2.24) is 9.97 Å². The van der Waals surface area contributed by atoms with Crippen molar-refractivity contribution in [3.63, 3.8) is 0 Å². The first-order valence-corrected chi connectivity index (χ1v) is 7.99. The minimum atomic E-state index is 0.603. The van der Waals surface area contributed by atoms with Crippen LogP contribution in [-0.4, -0.2) is 29.1 Å². The van der Waals surface area contributed by atoms with Crippen molar-refractivity contribution < 1.29 is 0 Å². The van der Waals surface area contributed by atoms with Crippen LogP contribution in [0, 0.1) is 6.92 Å². The number of hydrogen-bond donors (Lipinski definition) is 1. The van der Waals surface area contributed by atoms with Gasteiger partial charge in [0.05, 0.1) is 16.7 Å². The van der Waals surface area contributed by atoms with Crippen LogP contribution in [0.5, 0.6) is 0 Å². The Hall–Kier alpha value is -1.68. The van der Waals surface area contributed by atoms with Crippen molar-refractivity contribution in [2.24, 2.45) is 5.73 Å². The summed E-state index contributed by atoms with van der Waals surface area (Å²) in [6.07, 6.45) is 6.18. The molecule has 0 unspecified atom stereocenters. The maximum Gasteiger partial charge on any atom is 0.151 e. The van der Waals surface area contributed by atoms with E-state index in [1.54, 1.807) is 0 Å². The van der Waals surface area contributed by atoms with E-state index >= 15 is 0 Å². The van der Waals surface area contributed by atoms with E-state index in [0.29, 0.717) is 6.04 Å². The van der Waals surface area contributed by atoms with Gasteiger partial charge < -0.3 is 10.6 Å². The summed E-state index contributed by atoms with van der Waals surface area (Å²) in [4.78, 5) is 12.1. The highest BCUT2D eigenvalue weighted by Crippen LogP contribution is 2.29. The van der Waals surface area contributed by atoms with Gasteiger partial charge in [0.25, 0.3) is 0 Å². The molecule has 1 saturated carbocycles. The van der Waals surface area contributed by atoms with E-state index in [2.05, 4.69) is 11.8 Å². The fourth-order valence-corrected chi connectivity index (χ4v) is 3.29. The smallest absolute Gasteiger partial charge is 0.151 e. The van der Waals surface area contributed by atoms with Gasteiger partial charge >= 0.3 is 0 Å². The van der Waals surface area contributed by atoms with Crippen molar-refractivity contribution >= 4 is 16.9 Å². The topological polar surface area (TPSA) is 55.0 Å². The van der Waals surface area contributed by atoms with E-state index in [9.17, 15) is 0 Å². The van der Waals surface area contributed by atoms with Crippen molar-refractivity contribution in [2.75, 3.05) is 18.0 Å². The molecule has 0 spiro atoms. The predicted molar refractivity (Wildman–Crippen MR) is 87.5 cm³/mol. The zero-order valence-corrected chi connectivity index (χ0v) is 12.8. The lowest BCUT2D eigenvalue weighted by Crippen LogP contribution is -2.36. The van der Waals surface area contributed by atoms with Gasteiger partial charge in [0.1, 0.15) is 0 Å². The van der Waals surface area contributed by atoms with Gasteiger partial charge in [-0.15, -0.1) is 0 Å². The maximum atomic E-state index is 5.72. The lowest BCUT2D eigenvalue weighted by Gasteiger charge is -2.31. The molecule has 0 atom stereocenters. The van der Waals surface area contributed by atoms with Crippen molar-refractivity contribution in [2.45, 2.75) is 45.1 Å². The Morgan fingerprint density at radius 2 is 1.81 bits per heavy atom. The second-order valence-corrected chi connectivity index (χ2v) is 5.90. The third-order valence-electron chi connectivity index (χ3n) is 4.36. The standard InChI is InChI=1S/C17H24N4/c1-13-17(20-16-10-5-4-9-15(16)19-13)21(12-6-11-18)14-7-2-3-8-14/h4-5,9-10,14H,2-3,6-8,11-12,18H2,1H3. The minimum Gasteiger partial charge on any atom is -0.352 e. The quantitative estimate of drug-likeness (QED) is 0.917. The lowest BCUT2D eigenvalue weighted by molar-refractivity contribution is 0.585. The van der Waals surface area contributed by atoms with Gasteiger partial charge in [-0.1, -0.05) is 25.0 Å². The first-order valence-electron chi connectivity index (χ1n) is 7.99. The fraction of sp³-hybridized carbons (Fsp3) is 0.529. The van der Waals surface area contributed by atoms with Crippen LogP contribution in [0.2, 0.25) is 0 Å². The molecule has 21 heavy (non-hydrogen) atoms. The second kappa shape index (κ2) is 6.39. The molecule has 3 rings (SSSR count). The number of benzene rings is 1. The lowest BCUT2D eigenvalue weighted by atomic mass is 10.2. The zero-order chi connectivity index (χ0) is 14.7. The molecule has 1 aromatic carbocycles. The van der Waals surface area contributed by atoms with Crippen LogP contribution in [0.1, 0.15) is 37.8 Å². The number of para-hydroxylation sites is 2. The van der Waals surface area contributed by atoms with Crippen LogP contribution in [0.3, 0.4) is 0 Å². The van der Waals surface area contributed by atoms with Crippen molar-refractivity contribution in [3.05, 3.63) is 30.0 Å². The third-order valence-corrected chi connectivity index (χ3v) is 4.36. The molecule has 1 aliphatic carbocycles. The summed E-state index contributed by atoms with van der Waals surface area (Å²) in [7, 11) is 0. The van der Waals surface area contributed by atoms with Gasteiger partial charge in [-0.2, -0.15) is 0 Å². The maximum absolute atomic E-state index is 5.72. The highest BCUT2D eigenvalue weighted by molar-refractivity contribution is 5.76. The third kappa shape index (κ3) is 3.00. The monoisotopic (exact) mass is 284 g/mol. The summed E-state index contributed by atoms with van der Waals surface area (Å²) in [5.41, 5.74) is 8.70. The van der Waals surface area contributed by atoms with Gasteiger partial charge in [-0.25, -0.2) is 9.97 Å². The Morgan fingerprint density at radius 3 is 2.48 bits per heavy atom. The van der Waals surface area contributed by atoms with E-state index in [0.717, 1.165) is 42.1 Å². The molecule has 0 aliphatic heterocycles. The van der Waals surface area contributed by atoms with Crippen LogP contribution in [0.25, 0.3) is 11.0 Å². The van der Waals surface area contributed by atoms with E-state index in [1.807, 2.05) is 24.3 Å². The number of aromatic nitrogens is 2. The van der Waals surface area contributed by atoms with Crippen LogP contribution < -0.4 is 10.6 Å². The van der Waals surface area contributed by atoms with Gasteiger partial charge in [0, 0.05) is 12.6 Å². The van der Waals surface area contributed by atoms with Crippen LogP contribution in [-0.2, 0) is 0 Å². The summed E-state index contributed by atoms with van der Waals surface area (Å²) < 4.78 is 0. The molecule has 2 aromatic rings. The van der Waals surface area contributed by atoms with E-state index in [-0.39, 0.29) is 0 Å². The molecule has 1 aromatic heterocycles. The molecule has 1 aliphatic rings. The molecule has 4 nitrogen and oxygen atoms in total. The van der Waals surface area contributed by atoms with Crippen LogP contribution in [0.15, 0.2) is 24.3 Å². The van der Waals surface area contributed by atoms with E-state index < -0.39 is 0 Å². The fourth-order valence-electron chi connectivity index (χ4n) is 3.29. The van der Waals surface area contributed by atoms with Gasteiger partial charge in [0.15, 0.2) is 5.82 Å². The highest BCUT2D eigenvalue weighted by Gasteiger charge is 2.25. The molecule has 1 heterocycles. The highest BCUT2D eigenvalue weighted by atomic mass is 15.2. The first kappa shape index (κ1) is 14.3. The Morgan fingerprint density at radius 1 is 1.14 bits per heavy atom.